The highest BCUT2D eigenvalue weighted by Crippen LogP contribution is 2.33. The lowest BCUT2D eigenvalue weighted by Crippen LogP contribution is -1.76. The van der Waals surface area contributed by atoms with Gasteiger partial charge in [0.25, 0.3) is 0 Å². The van der Waals surface area contributed by atoms with Crippen molar-refractivity contribution in [3.05, 3.63) is 59.3 Å². The summed E-state index contributed by atoms with van der Waals surface area (Å²) in [4.78, 5) is 3.54. The summed E-state index contributed by atoms with van der Waals surface area (Å²) in [7, 11) is 0. The Balaban J connectivity index is 2.17. The number of benzene rings is 2. The van der Waals surface area contributed by atoms with Crippen LogP contribution in [-0.4, -0.2) is 4.98 Å². The van der Waals surface area contributed by atoms with Gasteiger partial charge in [0.1, 0.15) is 0 Å². The minimum absolute atomic E-state index is 1.20. The van der Waals surface area contributed by atoms with Crippen LogP contribution < -0.4 is 0 Å². The van der Waals surface area contributed by atoms with Crippen LogP contribution in [0.1, 0.15) is 0 Å². The number of hydrogen-bond acceptors (Lipinski definition) is 1. The second kappa shape index (κ2) is 3.72. The normalized spacial score (nSPS) is 11.3. The fourth-order valence-corrected chi connectivity index (χ4v) is 3.19. The van der Waals surface area contributed by atoms with E-state index in [2.05, 4.69) is 64.3 Å². The molecule has 0 spiro atoms. The van der Waals surface area contributed by atoms with Gasteiger partial charge < -0.3 is 4.98 Å². The summed E-state index contributed by atoms with van der Waals surface area (Å²) in [5.74, 6) is 0. The lowest BCUT2D eigenvalue weighted by Gasteiger charge is -2.00. The first-order chi connectivity index (χ1) is 8.93. The van der Waals surface area contributed by atoms with E-state index in [1.807, 2.05) is 0 Å². The minimum atomic E-state index is 1.20. The Bertz CT molecular complexity index is 825. The molecule has 0 saturated carbocycles. The summed E-state index contributed by atoms with van der Waals surface area (Å²) in [6.45, 7) is 0. The van der Waals surface area contributed by atoms with E-state index in [-0.39, 0.29) is 0 Å². The molecule has 2 heteroatoms. The monoisotopic (exact) mass is 249 g/mol. The van der Waals surface area contributed by atoms with E-state index in [9.17, 15) is 0 Å². The number of nitrogens with one attached hydrogen (secondary N) is 1. The van der Waals surface area contributed by atoms with E-state index in [0.717, 1.165) is 0 Å². The Morgan fingerprint density at radius 1 is 0.833 bits per heavy atom. The smallest absolute Gasteiger partial charge is 0.0544 e. The standard InChI is InChI=1S/C16H11NS/c1-2-7-15-13(4-1)14-6-3-5-12(16(14)17-15)11-8-9-18-10-11/h1-10,17H. The SMILES string of the molecule is c1ccc2c(c1)[nH]c1c(-c3ccsc3)cccc12. The lowest BCUT2D eigenvalue weighted by atomic mass is 10.0. The molecule has 0 bridgehead atoms. The molecule has 0 atom stereocenters. The molecular weight excluding hydrogens is 238 g/mol. The third-order valence-electron chi connectivity index (χ3n) is 3.37. The number of para-hydroxylation sites is 2. The zero-order valence-electron chi connectivity index (χ0n) is 9.68. The van der Waals surface area contributed by atoms with Crippen LogP contribution in [0.4, 0.5) is 0 Å². The van der Waals surface area contributed by atoms with Gasteiger partial charge in [-0.2, -0.15) is 11.3 Å². The highest BCUT2D eigenvalue weighted by atomic mass is 32.1. The Labute approximate surface area is 109 Å². The number of rotatable bonds is 1. The molecular formula is C16H11NS. The van der Waals surface area contributed by atoms with Crippen molar-refractivity contribution in [3.8, 4) is 11.1 Å². The summed E-state index contributed by atoms with van der Waals surface area (Å²) in [5, 5.41) is 6.91. The first-order valence-corrected chi connectivity index (χ1v) is 6.90. The highest BCUT2D eigenvalue weighted by Gasteiger charge is 2.08. The molecule has 0 saturated heterocycles. The number of H-pyrrole nitrogens is 1. The molecule has 0 aliphatic rings. The lowest BCUT2D eigenvalue weighted by molar-refractivity contribution is 1.54. The molecule has 0 amide bonds. The molecule has 0 radical (unpaired) electrons. The van der Waals surface area contributed by atoms with Gasteiger partial charge in [-0.25, -0.2) is 0 Å². The summed E-state index contributed by atoms with van der Waals surface area (Å²) >= 11 is 1.74. The van der Waals surface area contributed by atoms with Gasteiger partial charge in [-0.1, -0.05) is 36.4 Å². The van der Waals surface area contributed by atoms with Crippen molar-refractivity contribution in [2.24, 2.45) is 0 Å². The van der Waals surface area contributed by atoms with Crippen LogP contribution in [0.5, 0.6) is 0 Å². The van der Waals surface area contributed by atoms with Gasteiger partial charge in [0.15, 0.2) is 0 Å². The zero-order chi connectivity index (χ0) is 11.9. The minimum Gasteiger partial charge on any atom is -0.354 e. The summed E-state index contributed by atoms with van der Waals surface area (Å²) < 4.78 is 0. The third-order valence-corrected chi connectivity index (χ3v) is 4.06. The van der Waals surface area contributed by atoms with Gasteiger partial charge in [-0.15, -0.1) is 0 Å². The Hall–Kier alpha value is -2.06. The number of fused-ring (bicyclic) bond motifs is 3. The fourth-order valence-electron chi connectivity index (χ4n) is 2.53. The van der Waals surface area contributed by atoms with Gasteiger partial charge >= 0.3 is 0 Å². The van der Waals surface area contributed by atoms with E-state index in [1.165, 1.54) is 32.9 Å². The second-order valence-electron chi connectivity index (χ2n) is 4.41. The van der Waals surface area contributed by atoms with E-state index in [4.69, 9.17) is 0 Å². The predicted octanol–water partition coefficient (Wildman–Crippen LogP) is 5.05. The molecule has 2 aromatic heterocycles. The number of thiophene rings is 1. The van der Waals surface area contributed by atoms with Gasteiger partial charge in [0, 0.05) is 21.9 Å². The topological polar surface area (TPSA) is 15.8 Å². The van der Waals surface area contributed by atoms with Crippen molar-refractivity contribution < 1.29 is 0 Å². The van der Waals surface area contributed by atoms with Crippen LogP contribution in [0.15, 0.2) is 59.3 Å². The molecule has 18 heavy (non-hydrogen) atoms. The van der Waals surface area contributed by atoms with Crippen molar-refractivity contribution >= 4 is 33.1 Å². The van der Waals surface area contributed by atoms with Gasteiger partial charge in [0.05, 0.1) is 5.52 Å². The van der Waals surface area contributed by atoms with Crippen LogP contribution in [0, 0.1) is 0 Å². The Morgan fingerprint density at radius 3 is 2.61 bits per heavy atom. The zero-order valence-corrected chi connectivity index (χ0v) is 10.5. The van der Waals surface area contributed by atoms with Gasteiger partial charge in [-0.05, 0) is 28.5 Å². The molecule has 1 N–H and O–H groups in total. The van der Waals surface area contributed by atoms with Crippen molar-refractivity contribution in [1.82, 2.24) is 4.98 Å². The van der Waals surface area contributed by atoms with Crippen LogP contribution in [0.25, 0.3) is 32.9 Å². The molecule has 4 rings (SSSR count). The predicted molar refractivity (Wildman–Crippen MR) is 79.1 cm³/mol. The molecule has 2 aromatic carbocycles. The van der Waals surface area contributed by atoms with E-state index in [0.29, 0.717) is 0 Å². The first kappa shape index (κ1) is 9.92. The van der Waals surface area contributed by atoms with E-state index in [1.54, 1.807) is 11.3 Å². The summed E-state index contributed by atoms with van der Waals surface area (Å²) in [6.07, 6.45) is 0. The largest absolute Gasteiger partial charge is 0.354 e. The van der Waals surface area contributed by atoms with Crippen molar-refractivity contribution in [2.75, 3.05) is 0 Å². The molecule has 0 aliphatic carbocycles. The Kier molecular flexibility index (Phi) is 2.05. The van der Waals surface area contributed by atoms with Crippen LogP contribution in [0.2, 0.25) is 0 Å². The Morgan fingerprint density at radius 2 is 1.72 bits per heavy atom. The maximum atomic E-state index is 3.54. The summed E-state index contributed by atoms with van der Waals surface area (Å²) in [5.41, 5.74) is 5.01. The van der Waals surface area contributed by atoms with Crippen LogP contribution >= 0.6 is 11.3 Å². The van der Waals surface area contributed by atoms with E-state index < -0.39 is 0 Å². The van der Waals surface area contributed by atoms with Crippen LogP contribution in [0.3, 0.4) is 0 Å². The second-order valence-corrected chi connectivity index (χ2v) is 5.19. The molecule has 2 heterocycles. The van der Waals surface area contributed by atoms with E-state index >= 15 is 0 Å². The molecule has 0 unspecified atom stereocenters. The average molecular weight is 249 g/mol. The number of aromatic nitrogens is 1. The molecule has 0 fully saturated rings. The maximum absolute atomic E-state index is 3.54. The number of aromatic amines is 1. The molecule has 4 aromatic rings. The van der Waals surface area contributed by atoms with Crippen molar-refractivity contribution in [2.45, 2.75) is 0 Å². The molecule has 0 aliphatic heterocycles. The maximum Gasteiger partial charge on any atom is 0.0544 e. The van der Waals surface area contributed by atoms with Crippen molar-refractivity contribution in [3.63, 3.8) is 0 Å². The first-order valence-electron chi connectivity index (χ1n) is 5.95. The quantitative estimate of drug-likeness (QED) is 0.486. The average Bonchev–Trinajstić information content (AvgIpc) is 3.05. The molecule has 86 valence electrons. The summed E-state index contributed by atoms with van der Waals surface area (Å²) in [6, 6.07) is 17.1. The van der Waals surface area contributed by atoms with Crippen LogP contribution in [-0.2, 0) is 0 Å². The number of hydrogen-bond donors (Lipinski definition) is 1. The van der Waals surface area contributed by atoms with Crippen molar-refractivity contribution in [1.29, 1.82) is 0 Å². The highest BCUT2D eigenvalue weighted by molar-refractivity contribution is 7.08. The third kappa shape index (κ3) is 1.33. The van der Waals surface area contributed by atoms with Gasteiger partial charge in [0.2, 0.25) is 0 Å². The van der Waals surface area contributed by atoms with Gasteiger partial charge in [-0.3, -0.25) is 0 Å². The molecule has 1 nitrogen and oxygen atoms in total. The fraction of sp³-hybridized carbons (Fsp3) is 0.